The van der Waals surface area contributed by atoms with Gasteiger partial charge in [0.2, 0.25) is 0 Å². The molecule has 0 spiro atoms. The molecule has 0 amide bonds. The van der Waals surface area contributed by atoms with Crippen LogP contribution in [0.15, 0.2) is 36.8 Å². The first-order chi connectivity index (χ1) is 8.33. The first kappa shape index (κ1) is 10.8. The van der Waals surface area contributed by atoms with Gasteiger partial charge in [0, 0.05) is 30.6 Å². The number of allylic oxidation sites excluding steroid dienone is 1. The molecule has 0 radical (unpaired) electrons. The zero-order valence-electron chi connectivity index (χ0n) is 10.2. The van der Waals surface area contributed by atoms with E-state index in [1.54, 1.807) is 0 Å². The summed E-state index contributed by atoms with van der Waals surface area (Å²) < 4.78 is 0. The molecule has 3 atom stereocenters. The molecule has 0 aliphatic heterocycles. The highest BCUT2D eigenvalue weighted by Crippen LogP contribution is 2.50. The quantitative estimate of drug-likeness (QED) is 0.856. The van der Waals surface area contributed by atoms with Gasteiger partial charge in [-0.15, -0.1) is 0 Å². The smallest absolute Gasteiger partial charge is 0.0412 e. The molecule has 0 saturated heterocycles. The number of fused-ring (bicyclic) bond motifs is 2. The Labute approximate surface area is 103 Å². The van der Waals surface area contributed by atoms with Gasteiger partial charge < -0.3 is 5.32 Å². The Bertz CT molecular complexity index is 399. The van der Waals surface area contributed by atoms with E-state index < -0.39 is 0 Å². The van der Waals surface area contributed by atoms with Gasteiger partial charge in [-0.05, 0) is 42.7 Å². The summed E-state index contributed by atoms with van der Waals surface area (Å²) in [5, 5.41) is 3.49. The van der Waals surface area contributed by atoms with E-state index in [0.717, 1.165) is 24.3 Å². The summed E-state index contributed by atoms with van der Waals surface area (Å²) in [4.78, 5) is 4.13. The maximum atomic E-state index is 4.24. The van der Waals surface area contributed by atoms with Gasteiger partial charge in [0.05, 0.1) is 0 Å². The molecule has 2 aliphatic carbocycles. The van der Waals surface area contributed by atoms with Crippen LogP contribution >= 0.6 is 0 Å². The van der Waals surface area contributed by atoms with Crippen LogP contribution in [-0.2, 0) is 6.54 Å². The summed E-state index contributed by atoms with van der Waals surface area (Å²) in [6.07, 6.45) is 9.41. The number of rotatable bonds is 4. The summed E-state index contributed by atoms with van der Waals surface area (Å²) in [6, 6.07) is 4.09. The summed E-state index contributed by atoms with van der Waals surface area (Å²) in [6.45, 7) is 5.10. The zero-order chi connectivity index (χ0) is 11.7. The van der Waals surface area contributed by atoms with E-state index in [2.05, 4.69) is 22.9 Å². The van der Waals surface area contributed by atoms with E-state index in [9.17, 15) is 0 Å². The molecule has 1 aromatic rings. The van der Waals surface area contributed by atoms with Gasteiger partial charge in [0.15, 0.2) is 0 Å². The molecule has 2 aliphatic rings. The van der Waals surface area contributed by atoms with Gasteiger partial charge in [0.1, 0.15) is 0 Å². The second kappa shape index (κ2) is 4.52. The number of pyridine rings is 1. The van der Waals surface area contributed by atoms with Gasteiger partial charge in [0.25, 0.3) is 0 Å². The third kappa shape index (κ3) is 2.21. The molecule has 0 aromatic carbocycles. The van der Waals surface area contributed by atoms with Gasteiger partial charge in [-0.25, -0.2) is 0 Å². The molecule has 1 aromatic heterocycles. The lowest BCUT2D eigenvalue weighted by Gasteiger charge is -2.24. The highest BCUT2D eigenvalue weighted by molar-refractivity contribution is 5.12. The van der Waals surface area contributed by atoms with Crippen LogP contribution in [-0.4, -0.2) is 4.98 Å². The zero-order valence-corrected chi connectivity index (χ0v) is 10.2. The van der Waals surface area contributed by atoms with Crippen LogP contribution in [0.25, 0.3) is 0 Å². The predicted molar refractivity (Wildman–Crippen MR) is 69.2 cm³/mol. The van der Waals surface area contributed by atoms with Gasteiger partial charge in [-0.2, -0.15) is 0 Å². The normalized spacial score (nSPS) is 30.5. The highest BCUT2D eigenvalue weighted by Gasteiger charge is 2.40. The monoisotopic (exact) mass is 228 g/mol. The third-order valence-electron chi connectivity index (χ3n) is 4.43. The second-order valence-corrected chi connectivity index (χ2v) is 5.52. The van der Waals surface area contributed by atoms with Crippen molar-refractivity contribution < 1.29 is 0 Å². The average Bonchev–Trinajstić information content (AvgIpc) is 2.99. The van der Waals surface area contributed by atoms with Crippen LogP contribution in [0.4, 0.5) is 0 Å². The Morgan fingerprint density at radius 3 is 3.00 bits per heavy atom. The van der Waals surface area contributed by atoms with Crippen LogP contribution in [0, 0.1) is 17.8 Å². The summed E-state index contributed by atoms with van der Waals surface area (Å²) in [5.74, 6) is 2.63. The number of aromatic nitrogens is 1. The van der Waals surface area contributed by atoms with Crippen molar-refractivity contribution in [3.8, 4) is 0 Å². The first-order valence-electron chi connectivity index (χ1n) is 6.64. The van der Waals surface area contributed by atoms with Crippen molar-refractivity contribution >= 4 is 0 Å². The summed E-state index contributed by atoms with van der Waals surface area (Å²) in [5.41, 5.74) is 2.48. The Morgan fingerprint density at radius 2 is 2.35 bits per heavy atom. The van der Waals surface area contributed by atoms with E-state index in [-0.39, 0.29) is 0 Å². The van der Waals surface area contributed by atoms with E-state index in [1.807, 2.05) is 18.5 Å². The molecule has 2 bridgehead atoms. The van der Waals surface area contributed by atoms with Crippen LogP contribution in [0.5, 0.6) is 0 Å². The third-order valence-corrected chi connectivity index (χ3v) is 4.43. The van der Waals surface area contributed by atoms with Crippen LogP contribution in [0.1, 0.15) is 31.2 Å². The largest absolute Gasteiger partial charge is 0.384 e. The highest BCUT2D eigenvalue weighted by atomic mass is 14.9. The van der Waals surface area contributed by atoms with Crippen molar-refractivity contribution in [2.75, 3.05) is 0 Å². The van der Waals surface area contributed by atoms with Crippen molar-refractivity contribution in [2.45, 2.75) is 32.2 Å². The Morgan fingerprint density at radius 1 is 1.41 bits per heavy atom. The van der Waals surface area contributed by atoms with Crippen LogP contribution < -0.4 is 5.32 Å². The van der Waals surface area contributed by atoms with E-state index in [1.165, 1.54) is 36.9 Å². The molecular formula is C15H20N2. The van der Waals surface area contributed by atoms with Crippen LogP contribution in [0.2, 0.25) is 0 Å². The molecule has 3 rings (SSSR count). The molecule has 3 unspecified atom stereocenters. The van der Waals surface area contributed by atoms with Crippen LogP contribution in [0.3, 0.4) is 0 Å². The lowest BCUT2D eigenvalue weighted by Crippen LogP contribution is -2.23. The molecule has 2 fully saturated rings. The molecular weight excluding hydrogens is 208 g/mol. The number of hydrogen-bond donors (Lipinski definition) is 1. The first-order valence-corrected chi connectivity index (χ1v) is 6.64. The standard InChI is InChI=1S/C15H20N2/c1-11(15-8-12-4-5-14(15)7-12)17-10-13-3-2-6-16-9-13/h2-3,6,9,12,14-15,17H,1,4-5,7-8,10H2. The van der Waals surface area contributed by atoms with E-state index in [4.69, 9.17) is 0 Å². The lowest BCUT2D eigenvalue weighted by atomic mass is 9.87. The molecule has 2 saturated carbocycles. The Kier molecular flexibility index (Phi) is 2.87. The minimum Gasteiger partial charge on any atom is -0.384 e. The fourth-order valence-corrected chi connectivity index (χ4v) is 3.52. The Hall–Kier alpha value is -1.31. The minimum atomic E-state index is 0.727. The molecule has 90 valence electrons. The van der Waals surface area contributed by atoms with Crippen molar-refractivity contribution in [3.05, 3.63) is 42.4 Å². The van der Waals surface area contributed by atoms with Crippen molar-refractivity contribution in [1.82, 2.24) is 10.3 Å². The molecule has 1 N–H and O–H groups in total. The van der Waals surface area contributed by atoms with Gasteiger partial charge in [-0.3, -0.25) is 4.98 Å². The minimum absolute atomic E-state index is 0.727. The number of nitrogens with zero attached hydrogens (tertiary/aromatic N) is 1. The van der Waals surface area contributed by atoms with Crippen molar-refractivity contribution in [3.63, 3.8) is 0 Å². The predicted octanol–water partition coefficient (Wildman–Crippen LogP) is 3.12. The molecule has 17 heavy (non-hydrogen) atoms. The molecule has 2 nitrogen and oxygen atoms in total. The fourth-order valence-electron chi connectivity index (χ4n) is 3.52. The summed E-state index contributed by atoms with van der Waals surface area (Å²) in [7, 11) is 0. The molecule has 2 heteroatoms. The van der Waals surface area contributed by atoms with E-state index in [0.29, 0.717) is 0 Å². The van der Waals surface area contributed by atoms with Crippen molar-refractivity contribution in [2.24, 2.45) is 17.8 Å². The maximum Gasteiger partial charge on any atom is 0.0412 e. The van der Waals surface area contributed by atoms with Crippen molar-refractivity contribution in [1.29, 1.82) is 0 Å². The lowest BCUT2D eigenvalue weighted by molar-refractivity contribution is 0.362. The summed E-state index contributed by atoms with van der Waals surface area (Å²) >= 11 is 0. The van der Waals surface area contributed by atoms with E-state index >= 15 is 0 Å². The number of nitrogens with one attached hydrogen (secondary N) is 1. The fraction of sp³-hybridized carbons (Fsp3) is 0.533. The molecule has 1 heterocycles. The van der Waals surface area contributed by atoms with Gasteiger partial charge >= 0.3 is 0 Å². The average molecular weight is 228 g/mol. The number of hydrogen-bond acceptors (Lipinski definition) is 2. The SMILES string of the molecule is C=C(NCc1cccnc1)C1CC2CCC1C2. The second-order valence-electron chi connectivity index (χ2n) is 5.52. The topological polar surface area (TPSA) is 24.9 Å². The maximum absolute atomic E-state index is 4.24. The van der Waals surface area contributed by atoms with Gasteiger partial charge in [-0.1, -0.05) is 19.1 Å². The Balaban J connectivity index is 1.54.